The van der Waals surface area contributed by atoms with Crippen LogP contribution in [0.25, 0.3) is 0 Å². The van der Waals surface area contributed by atoms with Crippen LogP contribution in [0.15, 0.2) is 24.3 Å². The van der Waals surface area contributed by atoms with Crippen molar-refractivity contribution in [3.63, 3.8) is 0 Å². The Morgan fingerprint density at radius 1 is 1.13 bits per heavy atom. The molecule has 1 aliphatic carbocycles. The molecule has 9 heteroatoms. The van der Waals surface area contributed by atoms with Gasteiger partial charge in [0, 0.05) is 37.6 Å². The van der Waals surface area contributed by atoms with Gasteiger partial charge >= 0.3 is 6.36 Å². The maximum atomic E-state index is 12.7. The summed E-state index contributed by atoms with van der Waals surface area (Å²) in [5.41, 5.74) is 0.812. The first-order valence-corrected chi connectivity index (χ1v) is 10.2. The number of nitrogens with zero attached hydrogens (tertiary/aromatic N) is 1. The topological polar surface area (TPSA) is 44.7 Å². The highest BCUT2D eigenvalue weighted by atomic mass is 35.5. The summed E-state index contributed by atoms with van der Waals surface area (Å²) >= 11 is 0. The molecule has 2 unspecified atom stereocenters. The number of hydrogen-bond donors (Lipinski definition) is 2. The van der Waals surface area contributed by atoms with Gasteiger partial charge < -0.3 is 15.2 Å². The van der Waals surface area contributed by atoms with Crippen LogP contribution >= 0.6 is 24.8 Å². The molecule has 0 aromatic heterocycles. The number of ether oxygens (including phenoxy) is 1. The van der Waals surface area contributed by atoms with E-state index in [0.717, 1.165) is 50.9 Å². The molecule has 1 saturated heterocycles. The highest BCUT2D eigenvalue weighted by Crippen LogP contribution is 2.38. The molecule has 1 heterocycles. The number of rotatable bonds is 5. The van der Waals surface area contributed by atoms with E-state index in [4.69, 9.17) is 0 Å². The monoisotopic (exact) mass is 472 g/mol. The summed E-state index contributed by atoms with van der Waals surface area (Å²) in [7, 11) is 0. The third kappa shape index (κ3) is 7.75. The number of aliphatic hydroxyl groups excluding tert-OH is 1. The Balaban J connectivity index is 0.00000225. The fraction of sp³-hybridized carbons (Fsp3) is 0.714. The molecule has 0 amide bonds. The van der Waals surface area contributed by atoms with Crippen molar-refractivity contribution in [2.75, 3.05) is 19.6 Å². The summed E-state index contributed by atoms with van der Waals surface area (Å²) in [6, 6.07) is 7.03. The van der Waals surface area contributed by atoms with Crippen LogP contribution in [-0.2, 0) is 0 Å². The van der Waals surface area contributed by atoms with E-state index in [1.807, 2.05) is 6.07 Å². The Labute approximate surface area is 189 Å². The number of alkyl halides is 3. The van der Waals surface area contributed by atoms with Crippen LogP contribution in [0, 0.1) is 5.92 Å². The molecule has 5 atom stereocenters. The third-order valence-electron chi connectivity index (χ3n) is 5.91. The fourth-order valence-electron chi connectivity index (χ4n) is 4.91. The third-order valence-corrected chi connectivity index (χ3v) is 5.91. The van der Waals surface area contributed by atoms with E-state index < -0.39 is 12.5 Å². The van der Waals surface area contributed by atoms with Crippen molar-refractivity contribution in [1.29, 1.82) is 0 Å². The molecule has 30 heavy (non-hydrogen) atoms. The number of aliphatic hydroxyl groups is 1. The molecule has 0 spiro atoms. The number of benzene rings is 1. The SMILES string of the molecule is C[C@@H]1CN(C[C@H](c2cccc(OC(F)(F)F)c2)C2CCCCC2O)C[C@H](C)N1.Cl.Cl. The second kappa shape index (κ2) is 11.8. The molecular formula is C21H33Cl2F3N2O2. The maximum absolute atomic E-state index is 12.7. The Hall–Kier alpha value is -0.730. The summed E-state index contributed by atoms with van der Waals surface area (Å²) < 4.78 is 42.2. The maximum Gasteiger partial charge on any atom is 0.573 e. The average Bonchev–Trinajstić information content (AvgIpc) is 2.58. The molecule has 174 valence electrons. The van der Waals surface area contributed by atoms with E-state index in [1.165, 1.54) is 12.1 Å². The zero-order valence-corrected chi connectivity index (χ0v) is 19.0. The molecule has 1 aliphatic heterocycles. The number of hydrogen-bond acceptors (Lipinski definition) is 4. The largest absolute Gasteiger partial charge is 0.573 e. The van der Waals surface area contributed by atoms with Gasteiger partial charge in [-0.1, -0.05) is 25.0 Å². The minimum atomic E-state index is -4.71. The minimum Gasteiger partial charge on any atom is -0.406 e. The fourth-order valence-corrected chi connectivity index (χ4v) is 4.91. The highest BCUT2D eigenvalue weighted by Gasteiger charge is 2.35. The van der Waals surface area contributed by atoms with Crippen molar-refractivity contribution in [2.24, 2.45) is 5.92 Å². The lowest BCUT2D eigenvalue weighted by Crippen LogP contribution is -2.55. The summed E-state index contributed by atoms with van der Waals surface area (Å²) in [5, 5.41) is 14.2. The second-order valence-electron chi connectivity index (χ2n) is 8.43. The molecule has 2 aliphatic rings. The van der Waals surface area contributed by atoms with E-state index in [9.17, 15) is 18.3 Å². The predicted molar refractivity (Wildman–Crippen MR) is 117 cm³/mol. The summed E-state index contributed by atoms with van der Waals surface area (Å²) in [6.45, 7) is 6.80. The van der Waals surface area contributed by atoms with Crippen molar-refractivity contribution < 1.29 is 23.0 Å². The van der Waals surface area contributed by atoms with Crippen LogP contribution in [0.2, 0.25) is 0 Å². The molecule has 1 aromatic carbocycles. The molecule has 3 rings (SSSR count). The van der Waals surface area contributed by atoms with Crippen molar-refractivity contribution in [2.45, 2.75) is 70.0 Å². The first-order chi connectivity index (χ1) is 13.2. The number of halogens is 5. The molecule has 4 nitrogen and oxygen atoms in total. The standard InChI is InChI=1S/C21H31F3N2O2.2ClH/c1-14-11-26(12-15(2)25-14)13-19(18-8-3-4-9-20(18)27)16-6-5-7-17(10-16)28-21(22,23)24;;/h5-7,10,14-15,18-20,25,27H,3-4,8-9,11-13H2,1-2H3;2*1H/t14-,15+,18?,19-,20?;;/m1../s1. The van der Waals surface area contributed by atoms with Gasteiger partial charge in [0.25, 0.3) is 0 Å². The lowest BCUT2D eigenvalue weighted by molar-refractivity contribution is -0.274. The lowest BCUT2D eigenvalue weighted by Gasteiger charge is -2.41. The van der Waals surface area contributed by atoms with Crippen molar-refractivity contribution in [3.8, 4) is 5.75 Å². The molecule has 0 radical (unpaired) electrons. The molecular weight excluding hydrogens is 440 g/mol. The van der Waals surface area contributed by atoms with Crippen LogP contribution in [0.5, 0.6) is 5.75 Å². The van der Waals surface area contributed by atoms with Crippen LogP contribution in [0.1, 0.15) is 51.0 Å². The van der Waals surface area contributed by atoms with E-state index >= 15 is 0 Å². The Kier molecular flexibility index (Phi) is 10.7. The first-order valence-electron chi connectivity index (χ1n) is 10.2. The molecule has 1 aromatic rings. The van der Waals surface area contributed by atoms with Gasteiger partial charge in [0.2, 0.25) is 0 Å². The Morgan fingerprint density at radius 3 is 2.37 bits per heavy atom. The van der Waals surface area contributed by atoms with Crippen molar-refractivity contribution >= 4 is 24.8 Å². The van der Waals surface area contributed by atoms with E-state index in [1.54, 1.807) is 6.07 Å². The number of nitrogens with one attached hydrogen (secondary N) is 1. The zero-order valence-electron chi connectivity index (χ0n) is 17.4. The van der Waals surface area contributed by atoms with Crippen LogP contribution < -0.4 is 10.1 Å². The Morgan fingerprint density at radius 2 is 1.77 bits per heavy atom. The van der Waals surface area contributed by atoms with Gasteiger partial charge in [-0.05, 0) is 50.3 Å². The van der Waals surface area contributed by atoms with Gasteiger partial charge in [-0.25, -0.2) is 0 Å². The van der Waals surface area contributed by atoms with Gasteiger partial charge in [0.1, 0.15) is 5.75 Å². The first kappa shape index (κ1) is 27.3. The predicted octanol–water partition coefficient (Wildman–Crippen LogP) is 4.75. The zero-order chi connectivity index (χ0) is 20.3. The normalized spacial score (nSPS) is 28.7. The Bertz CT molecular complexity index is 641. The van der Waals surface area contributed by atoms with Gasteiger partial charge in [-0.3, -0.25) is 4.90 Å². The summed E-state index contributed by atoms with van der Waals surface area (Å²) in [5.74, 6) is -0.165. The van der Waals surface area contributed by atoms with Gasteiger partial charge in [-0.2, -0.15) is 0 Å². The van der Waals surface area contributed by atoms with Gasteiger partial charge in [-0.15, -0.1) is 38.0 Å². The second-order valence-corrected chi connectivity index (χ2v) is 8.43. The smallest absolute Gasteiger partial charge is 0.406 e. The molecule has 2 fully saturated rings. The van der Waals surface area contributed by atoms with Crippen molar-refractivity contribution in [3.05, 3.63) is 29.8 Å². The summed E-state index contributed by atoms with van der Waals surface area (Å²) in [4.78, 5) is 2.37. The highest BCUT2D eigenvalue weighted by molar-refractivity contribution is 5.85. The molecule has 0 bridgehead atoms. The van der Waals surface area contributed by atoms with Crippen LogP contribution in [-0.4, -0.2) is 54.2 Å². The summed E-state index contributed by atoms with van der Waals surface area (Å²) in [6.07, 6.45) is -1.42. The van der Waals surface area contributed by atoms with Gasteiger partial charge in [0.05, 0.1) is 6.10 Å². The molecule has 2 N–H and O–H groups in total. The van der Waals surface area contributed by atoms with Crippen molar-refractivity contribution in [1.82, 2.24) is 10.2 Å². The molecule has 1 saturated carbocycles. The van der Waals surface area contributed by atoms with Gasteiger partial charge in [0.15, 0.2) is 0 Å². The van der Waals surface area contributed by atoms with E-state index in [-0.39, 0.29) is 42.4 Å². The van der Waals surface area contributed by atoms with Crippen LogP contribution in [0.4, 0.5) is 13.2 Å². The van der Waals surface area contributed by atoms with Crippen LogP contribution in [0.3, 0.4) is 0 Å². The number of piperazine rings is 1. The van der Waals surface area contributed by atoms with E-state index in [2.05, 4.69) is 28.8 Å². The average molecular weight is 473 g/mol. The lowest BCUT2D eigenvalue weighted by atomic mass is 9.74. The quantitative estimate of drug-likeness (QED) is 0.648. The minimum absolute atomic E-state index is 0. The van der Waals surface area contributed by atoms with E-state index in [0.29, 0.717) is 12.1 Å².